The Bertz CT molecular complexity index is 362. The predicted octanol–water partition coefficient (Wildman–Crippen LogP) is 2.20. The second-order valence-corrected chi connectivity index (χ2v) is 4.35. The van der Waals surface area contributed by atoms with Crippen LogP contribution in [0.1, 0.15) is 12.0 Å². The van der Waals surface area contributed by atoms with Crippen LogP contribution in [0.3, 0.4) is 0 Å². The Morgan fingerprint density at radius 2 is 2.15 bits per heavy atom. The summed E-state index contributed by atoms with van der Waals surface area (Å²) < 4.78 is 1.26. The molecular formula is C10H10INO. The van der Waals surface area contributed by atoms with E-state index in [1.54, 1.807) is 4.90 Å². The molecule has 0 radical (unpaired) electrons. The highest BCUT2D eigenvalue weighted by Crippen LogP contribution is 2.29. The Balaban J connectivity index is 2.55. The first-order valence-electron chi connectivity index (χ1n) is 4.24. The van der Waals surface area contributed by atoms with E-state index in [1.165, 1.54) is 9.13 Å². The van der Waals surface area contributed by atoms with Crippen molar-refractivity contribution < 1.29 is 4.79 Å². The van der Waals surface area contributed by atoms with Gasteiger partial charge in [-0.1, -0.05) is 6.07 Å². The Morgan fingerprint density at radius 3 is 2.92 bits per heavy atom. The molecule has 13 heavy (non-hydrogen) atoms. The first kappa shape index (κ1) is 8.99. The van der Waals surface area contributed by atoms with Crippen molar-refractivity contribution in [2.75, 3.05) is 11.9 Å². The van der Waals surface area contributed by atoms with Crippen molar-refractivity contribution in [2.24, 2.45) is 0 Å². The van der Waals surface area contributed by atoms with Crippen molar-refractivity contribution in [1.29, 1.82) is 0 Å². The van der Waals surface area contributed by atoms with Gasteiger partial charge in [-0.2, -0.15) is 0 Å². The van der Waals surface area contributed by atoms with E-state index in [2.05, 4.69) is 28.7 Å². The number of nitrogens with zero attached hydrogens (tertiary/aromatic N) is 1. The van der Waals surface area contributed by atoms with Gasteiger partial charge in [-0.25, -0.2) is 0 Å². The summed E-state index contributed by atoms with van der Waals surface area (Å²) in [6.07, 6.45) is 1.53. The number of carbonyl (C=O) groups is 1. The van der Waals surface area contributed by atoms with Crippen molar-refractivity contribution in [3.05, 3.63) is 27.3 Å². The molecule has 68 valence electrons. The van der Waals surface area contributed by atoms with Crippen molar-refractivity contribution >= 4 is 34.2 Å². The van der Waals surface area contributed by atoms with E-state index < -0.39 is 0 Å². The number of amides is 1. The van der Waals surface area contributed by atoms with Crippen molar-refractivity contribution in [3.63, 3.8) is 0 Å². The summed E-state index contributed by atoms with van der Waals surface area (Å²) in [6.45, 7) is 0. The van der Waals surface area contributed by atoms with Gasteiger partial charge in [0.1, 0.15) is 0 Å². The SMILES string of the molecule is CN1C(=O)CCc2c(I)cccc21. The lowest BCUT2D eigenvalue weighted by molar-refractivity contribution is -0.118. The number of hydrogen-bond acceptors (Lipinski definition) is 1. The van der Waals surface area contributed by atoms with Gasteiger partial charge in [0, 0.05) is 22.7 Å². The van der Waals surface area contributed by atoms with Crippen molar-refractivity contribution in [1.82, 2.24) is 0 Å². The minimum Gasteiger partial charge on any atom is -0.315 e. The number of anilines is 1. The van der Waals surface area contributed by atoms with Crippen LogP contribution in [-0.4, -0.2) is 13.0 Å². The van der Waals surface area contributed by atoms with E-state index in [4.69, 9.17) is 0 Å². The molecule has 2 nitrogen and oxygen atoms in total. The molecule has 3 heteroatoms. The molecule has 0 bridgehead atoms. The number of rotatable bonds is 0. The Morgan fingerprint density at radius 1 is 1.38 bits per heavy atom. The van der Waals surface area contributed by atoms with Gasteiger partial charge >= 0.3 is 0 Å². The number of carbonyl (C=O) groups excluding carboxylic acids is 1. The molecule has 2 rings (SSSR count). The van der Waals surface area contributed by atoms with Crippen LogP contribution < -0.4 is 4.90 Å². The Labute approximate surface area is 91.1 Å². The van der Waals surface area contributed by atoms with Crippen LogP contribution in [0.25, 0.3) is 0 Å². The van der Waals surface area contributed by atoms with Gasteiger partial charge in [-0.15, -0.1) is 0 Å². The summed E-state index contributed by atoms with van der Waals surface area (Å²) in [7, 11) is 1.84. The van der Waals surface area contributed by atoms with Gasteiger partial charge in [-0.3, -0.25) is 4.79 Å². The lowest BCUT2D eigenvalue weighted by Gasteiger charge is -2.26. The minimum atomic E-state index is 0.217. The predicted molar refractivity (Wildman–Crippen MR) is 60.9 cm³/mol. The standard InChI is InChI=1S/C10H10INO/c1-12-9-4-2-3-8(11)7(9)5-6-10(12)13/h2-4H,5-6H2,1H3. The van der Waals surface area contributed by atoms with Crippen molar-refractivity contribution in [2.45, 2.75) is 12.8 Å². The molecule has 0 fully saturated rings. The van der Waals surface area contributed by atoms with E-state index >= 15 is 0 Å². The molecule has 1 aliphatic rings. The number of hydrogen-bond donors (Lipinski definition) is 0. The van der Waals surface area contributed by atoms with Gasteiger partial charge in [0.15, 0.2) is 0 Å². The van der Waals surface area contributed by atoms with Gasteiger partial charge < -0.3 is 4.90 Å². The fourth-order valence-electron chi connectivity index (χ4n) is 1.64. The third-order valence-corrected chi connectivity index (χ3v) is 3.43. The van der Waals surface area contributed by atoms with Gasteiger partial charge in [0.25, 0.3) is 0 Å². The molecular weight excluding hydrogens is 277 g/mol. The molecule has 0 spiro atoms. The first-order valence-corrected chi connectivity index (χ1v) is 5.32. The minimum absolute atomic E-state index is 0.217. The zero-order chi connectivity index (χ0) is 9.42. The van der Waals surface area contributed by atoms with Crippen LogP contribution in [0, 0.1) is 3.57 Å². The summed E-state index contributed by atoms with van der Waals surface area (Å²) in [5.41, 5.74) is 2.38. The highest BCUT2D eigenvalue weighted by atomic mass is 127. The molecule has 0 atom stereocenters. The fraction of sp³-hybridized carbons (Fsp3) is 0.300. The summed E-state index contributed by atoms with van der Waals surface area (Å²) >= 11 is 2.32. The first-order chi connectivity index (χ1) is 6.20. The summed E-state index contributed by atoms with van der Waals surface area (Å²) in [5.74, 6) is 0.217. The highest BCUT2D eigenvalue weighted by Gasteiger charge is 2.21. The molecule has 1 amide bonds. The maximum atomic E-state index is 11.4. The molecule has 0 saturated carbocycles. The second-order valence-electron chi connectivity index (χ2n) is 3.19. The molecule has 1 aliphatic heterocycles. The monoisotopic (exact) mass is 287 g/mol. The third-order valence-electron chi connectivity index (χ3n) is 2.42. The lowest BCUT2D eigenvalue weighted by Crippen LogP contribution is -2.31. The number of fused-ring (bicyclic) bond motifs is 1. The summed E-state index contributed by atoms with van der Waals surface area (Å²) in [5, 5.41) is 0. The normalized spacial score (nSPS) is 15.8. The smallest absolute Gasteiger partial charge is 0.227 e. The fourth-order valence-corrected chi connectivity index (χ4v) is 2.40. The molecule has 0 aromatic heterocycles. The molecule has 0 saturated heterocycles. The van der Waals surface area contributed by atoms with E-state index in [0.29, 0.717) is 6.42 Å². The number of halogens is 1. The number of benzene rings is 1. The van der Waals surface area contributed by atoms with E-state index in [-0.39, 0.29) is 5.91 Å². The molecule has 1 aromatic rings. The maximum absolute atomic E-state index is 11.4. The second kappa shape index (κ2) is 3.29. The van der Waals surface area contributed by atoms with Gasteiger partial charge in [0.2, 0.25) is 5.91 Å². The Kier molecular flexibility index (Phi) is 2.27. The van der Waals surface area contributed by atoms with Crippen LogP contribution >= 0.6 is 22.6 Å². The van der Waals surface area contributed by atoms with E-state index in [0.717, 1.165) is 12.1 Å². The maximum Gasteiger partial charge on any atom is 0.227 e. The van der Waals surface area contributed by atoms with Crippen molar-refractivity contribution in [3.8, 4) is 0 Å². The van der Waals surface area contributed by atoms with E-state index in [1.807, 2.05) is 19.2 Å². The van der Waals surface area contributed by atoms with Crippen LogP contribution in [0.2, 0.25) is 0 Å². The average Bonchev–Trinajstić information content (AvgIpc) is 2.12. The van der Waals surface area contributed by atoms with Crippen LogP contribution in [0.4, 0.5) is 5.69 Å². The summed E-state index contributed by atoms with van der Waals surface area (Å²) in [4.78, 5) is 13.1. The zero-order valence-corrected chi connectivity index (χ0v) is 9.54. The summed E-state index contributed by atoms with van der Waals surface area (Å²) in [6, 6.07) is 6.09. The highest BCUT2D eigenvalue weighted by molar-refractivity contribution is 14.1. The molecule has 1 heterocycles. The largest absolute Gasteiger partial charge is 0.315 e. The zero-order valence-electron chi connectivity index (χ0n) is 7.38. The molecule has 1 aromatic carbocycles. The molecule has 0 aliphatic carbocycles. The quantitative estimate of drug-likeness (QED) is 0.670. The molecule has 0 N–H and O–H groups in total. The van der Waals surface area contributed by atoms with Gasteiger partial charge in [0.05, 0.1) is 0 Å². The van der Waals surface area contributed by atoms with Gasteiger partial charge in [-0.05, 0) is 46.7 Å². The van der Waals surface area contributed by atoms with Crippen LogP contribution in [-0.2, 0) is 11.2 Å². The third kappa shape index (κ3) is 1.45. The topological polar surface area (TPSA) is 20.3 Å². The van der Waals surface area contributed by atoms with Crippen LogP contribution in [0.5, 0.6) is 0 Å². The average molecular weight is 287 g/mol. The Hall–Kier alpha value is -0.580. The lowest BCUT2D eigenvalue weighted by atomic mass is 10.0. The van der Waals surface area contributed by atoms with E-state index in [9.17, 15) is 4.79 Å². The van der Waals surface area contributed by atoms with Crippen LogP contribution in [0.15, 0.2) is 18.2 Å². The molecule has 0 unspecified atom stereocenters.